The number of fused-ring (bicyclic) bond motifs is 3. The van der Waals surface area contributed by atoms with Gasteiger partial charge in [-0.1, -0.05) is 15.9 Å². The van der Waals surface area contributed by atoms with Crippen LogP contribution in [0, 0.1) is 23.7 Å². The minimum absolute atomic E-state index is 0.0196. The Kier molecular flexibility index (Phi) is 6.98. The smallest absolute Gasteiger partial charge is 0.417 e. The molecule has 0 aliphatic heterocycles. The summed E-state index contributed by atoms with van der Waals surface area (Å²) in [5.74, 6) is -11.0. The number of aromatic hydroxyl groups is 1. The van der Waals surface area contributed by atoms with E-state index in [-0.39, 0.29) is 29.8 Å². The molecule has 2 aromatic rings. The van der Waals surface area contributed by atoms with E-state index in [0.29, 0.717) is 11.3 Å². The van der Waals surface area contributed by atoms with E-state index in [4.69, 9.17) is 10.5 Å². The second kappa shape index (κ2) is 10.1. The van der Waals surface area contributed by atoms with Gasteiger partial charge in [0.25, 0.3) is 0 Å². The Morgan fingerprint density at radius 2 is 1.76 bits per heavy atom. The lowest BCUT2D eigenvalue weighted by Gasteiger charge is -2.48. The zero-order chi connectivity index (χ0) is 30.0. The van der Waals surface area contributed by atoms with E-state index >= 15 is 0 Å². The van der Waals surface area contributed by atoms with Gasteiger partial charge in [-0.25, -0.2) is 4.79 Å². The second-order valence-corrected chi connectivity index (χ2v) is 11.7. The fourth-order valence-corrected chi connectivity index (χ4v) is 6.52. The molecule has 2 saturated carbocycles. The van der Waals surface area contributed by atoms with Crippen molar-refractivity contribution in [2.24, 2.45) is 29.4 Å². The molecule has 12 nitrogen and oxygen atoms in total. The fraction of sp³-hybridized carbons (Fsp3) is 0.357. The summed E-state index contributed by atoms with van der Waals surface area (Å²) < 4.78 is 6.02. The third-order valence-corrected chi connectivity index (χ3v) is 8.65. The van der Waals surface area contributed by atoms with Crippen LogP contribution >= 0.6 is 15.9 Å². The molecule has 214 valence electrons. The molecule has 5 atom stereocenters. The average molecular weight is 628 g/mol. The Hall–Kier alpha value is -4.10. The van der Waals surface area contributed by atoms with Gasteiger partial charge >= 0.3 is 6.09 Å². The first-order valence-corrected chi connectivity index (χ1v) is 13.5. The van der Waals surface area contributed by atoms with Crippen molar-refractivity contribution in [3.8, 4) is 11.5 Å². The molecule has 3 aliphatic carbocycles. The van der Waals surface area contributed by atoms with Crippen LogP contribution < -0.4 is 20.7 Å². The minimum atomic E-state index is -2.74. The van der Waals surface area contributed by atoms with Crippen molar-refractivity contribution in [2.45, 2.75) is 24.9 Å². The second-order valence-electron chi connectivity index (χ2n) is 10.7. The van der Waals surface area contributed by atoms with E-state index in [9.17, 15) is 39.0 Å². The predicted octanol–water partition coefficient (Wildman–Crippen LogP) is 1.77. The molecule has 0 radical (unpaired) electrons. The summed E-state index contributed by atoms with van der Waals surface area (Å²) in [6.07, 6.45) is -1.28. The molecular weight excluding hydrogens is 602 g/mol. The number of rotatable bonds is 4. The molecule has 3 aliphatic rings. The molecule has 2 amide bonds. The zero-order valence-corrected chi connectivity index (χ0v) is 23.6. The van der Waals surface area contributed by atoms with Gasteiger partial charge in [-0.2, -0.15) is 0 Å². The van der Waals surface area contributed by atoms with Crippen LogP contribution in [0.3, 0.4) is 0 Å². The normalized spacial score (nSPS) is 26.9. The first-order chi connectivity index (χ1) is 19.2. The van der Waals surface area contributed by atoms with E-state index in [0.717, 1.165) is 4.47 Å². The number of benzene rings is 2. The standard InChI is InChI=1S/C28H26BrN3O9/c1-32(2)17-10-16(31-27(39)41-14-5-3-13(29)4-6-14)22(34)20-15(17)8-11-7-12-9-18(33)21(26(30)38)25(37)28(12,40)24(36)19(11)23(20)35/h3-6,10-12,19,21,34,40H,7-9H2,1-2H3,(H2,30,38)(H,31,39)/t11-,12+,19?,21?,28+/m1/s1. The summed E-state index contributed by atoms with van der Waals surface area (Å²) in [7, 11) is 3.39. The highest BCUT2D eigenvalue weighted by atomic mass is 79.9. The fourth-order valence-electron chi connectivity index (χ4n) is 6.25. The van der Waals surface area contributed by atoms with Gasteiger partial charge in [0.1, 0.15) is 11.5 Å². The Labute approximate surface area is 241 Å². The van der Waals surface area contributed by atoms with Gasteiger partial charge in [0, 0.05) is 36.6 Å². The quantitative estimate of drug-likeness (QED) is 0.286. The number of ketones is 4. The summed E-state index contributed by atoms with van der Waals surface area (Å²) in [5, 5.41) is 25.0. The van der Waals surface area contributed by atoms with E-state index in [1.54, 1.807) is 43.3 Å². The molecule has 5 N–H and O–H groups in total. The molecule has 2 unspecified atom stereocenters. The summed E-state index contributed by atoms with van der Waals surface area (Å²) in [5.41, 5.74) is 2.96. The van der Waals surface area contributed by atoms with Gasteiger partial charge < -0.3 is 25.6 Å². The number of aliphatic hydroxyl groups is 1. The van der Waals surface area contributed by atoms with Crippen molar-refractivity contribution >= 4 is 62.4 Å². The van der Waals surface area contributed by atoms with Crippen LogP contribution in [0.4, 0.5) is 16.2 Å². The highest BCUT2D eigenvalue weighted by molar-refractivity contribution is 9.10. The maximum absolute atomic E-state index is 13.9. The summed E-state index contributed by atoms with van der Waals surface area (Å²) in [4.78, 5) is 79.3. The lowest BCUT2D eigenvalue weighted by atomic mass is 9.53. The maximum atomic E-state index is 13.9. The molecular formula is C28H26BrN3O9. The monoisotopic (exact) mass is 627 g/mol. The number of carbonyl (C=O) groups excluding carboxylic acids is 6. The van der Waals surface area contributed by atoms with Crippen LogP contribution in [0.1, 0.15) is 28.8 Å². The van der Waals surface area contributed by atoms with Crippen molar-refractivity contribution in [3.05, 3.63) is 45.9 Å². The minimum Gasteiger partial charge on any atom is -0.505 e. The predicted molar refractivity (Wildman–Crippen MR) is 147 cm³/mol. The summed E-state index contributed by atoms with van der Waals surface area (Å²) >= 11 is 3.28. The average Bonchev–Trinajstić information content (AvgIpc) is 2.88. The first-order valence-electron chi connectivity index (χ1n) is 12.7. The Morgan fingerprint density at radius 1 is 1.10 bits per heavy atom. The number of ether oxygens (including phenoxy) is 1. The molecule has 13 heteroatoms. The lowest BCUT2D eigenvalue weighted by molar-refractivity contribution is -0.175. The van der Waals surface area contributed by atoms with Crippen molar-refractivity contribution in [1.29, 1.82) is 0 Å². The van der Waals surface area contributed by atoms with Crippen molar-refractivity contribution in [1.82, 2.24) is 0 Å². The molecule has 5 rings (SSSR count). The van der Waals surface area contributed by atoms with Gasteiger partial charge in [0.2, 0.25) is 5.91 Å². The number of primary amides is 1. The number of amides is 2. The Bertz CT molecular complexity index is 1540. The highest BCUT2D eigenvalue weighted by Crippen LogP contribution is 2.52. The SMILES string of the molecule is CN(C)c1cc(NC(=O)Oc2ccc(Br)cc2)c(O)c2c1C[C@H]1C[C@H]3CC(=O)C(C(N)=O)C(=O)[C@@]3(O)C(=O)C1C2=O. The van der Waals surface area contributed by atoms with Crippen molar-refractivity contribution in [3.63, 3.8) is 0 Å². The molecule has 41 heavy (non-hydrogen) atoms. The Morgan fingerprint density at radius 3 is 2.37 bits per heavy atom. The number of hydrogen-bond donors (Lipinski definition) is 4. The molecule has 0 saturated heterocycles. The number of nitrogens with one attached hydrogen (secondary N) is 1. The van der Waals surface area contributed by atoms with Crippen LogP contribution in [-0.2, 0) is 25.6 Å². The van der Waals surface area contributed by atoms with E-state index < -0.39 is 76.6 Å². The van der Waals surface area contributed by atoms with Crippen molar-refractivity contribution < 1.29 is 43.7 Å². The van der Waals surface area contributed by atoms with Crippen LogP contribution in [0.5, 0.6) is 11.5 Å². The zero-order valence-electron chi connectivity index (χ0n) is 22.0. The van der Waals surface area contributed by atoms with Gasteiger partial charge in [-0.15, -0.1) is 0 Å². The third-order valence-electron chi connectivity index (χ3n) is 8.12. The number of anilines is 2. The summed E-state index contributed by atoms with van der Waals surface area (Å²) in [6, 6.07) is 7.88. The first kappa shape index (κ1) is 28.4. The number of carbonyl (C=O) groups is 6. The van der Waals surface area contributed by atoms with Crippen LogP contribution in [0.15, 0.2) is 34.8 Å². The third kappa shape index (κ3) is 4.49. The van der Waals surface area contributed by atoms with E-state index in [1.807, 2.05) is 0 Å². The number of phenols is 1. The van der Waals surface area contributed by atoms with Crippen LogP contribution in [0.25, 0.3) is 0 Å². The topological polar surface area (TPSA) is 193 Å². The van der Waals surface area contributed by atoms with Gasteiger partial charge in [-0.05, 0) is 54.7 Å². The van der Waals surface area contributed by atoms with Gasteiger partial charge in [0.15, 0.2) is 34.7 Å². The van der Waals surface area contributed by atoms with Crippen LogP contribution in [-0.4, -0.2) is 65.0 Å². The highest BCUT2D eigenvalue weighted by Gasteiger charge is 2.66. The van der Waals surface area contributed by atoms with E-state index in [1.165, 1.54) is 6.07 Å². The lowest BCUT2D eigenvalue weighted by Crippen LogP contribution is -2.68. The van der Waals surface area contributed by atoms with Crippen molar-refractivity contribution in [2.75, 3.05) is 24.3 Å². The largest absolute Gasteiger partial charge is 0.505 e. The number of nitrogens with zero attached hydrogens (tertiary/aromatic N) is 1. The molecule has 2 fully saturated rings. The van der Waals surface area contributed by atoms with Crippen LogP contribution in [0.2, 0.25) is 0 Å². The molecule has 0 aromatic heterocycles. The molecule has 2 aromatic carbocycles. The molecule has 0 heterocycles. The number of hydrogen-bond acceptors (Lipinski definition) is 10. The molecule has 0 spiro atoms. The Balaban J connectivity index is 1.53. The van der Waals surface area contributed by atoms with E-state index in [2.05, 4.69) is 21.2 Å². The van der Waals surface area contributed by atoms with Gasteiger partial charge in [0.05, 0.1) is 17.2 Å². The molecule has 0 bridgehead atoms. The number of phenolic OH excluding ortho intramolecular Hbond substituents is 1. The maximum Gasteiger partial charge on any atom is 0.417 e. The number of nitrogens with two attached hydrogens (primary N) is 1. The number of Topliss-reactive ketones (excluding diaryl/α,β-unsaturated/α-hetero) is 4. The number of halogens is 1. The van der Waals surface area contributed by atoms with Gasteiger partial charge in [-0.3, -0.25) is 29.3 Å². The summed E-state index contributed by atoms with van der Waals surface area (Å²) in [6.45, 7) is 0.